The lowest BCUT2D eigenvalue weighted by Gasteiger charge is -2.16. The smallest absolute Gasteiger partial charge is 0.262 e. The van der Waals surface area contributed by atoms with Gasteiger partial charge in [0.1, 0.15) is 5.69 Å². The highest BCUT2D eigenvalue weighted by atomic mass is 35.5. The van der Waals surface area contributed by atoms with E-state index in [4.69, 9.17) is 30.5 Å². The fourth-order valence-corrected chi connectivity index (χ4v) is 4.42. The largest absolute Gasteiger partial charge is 0.493 e. The van der Waals surface area contributed by atoms with E-state index < -0.39 is 15.8 Å². The molecule has 7 nitrogen and oxygen atoms in total. The van der Waals surface area contributed by atoms with Crippen molar-refractivity contribution < 1.29 is 31.8 Å². The van der Waals surface area contributed by atoms with Crippen LogP contribution in [0.25, 0.3) is 12.2 Å². The number of nitrogens with one attached hydrogen (secondary N) is 1. The van der Waals surface area contributed by atoms with E-state index in [1.807, 2.05) is 0 Å². The van der Waals surface area contributed by atoms with Gasteiger partial charge in [-0.25, -0.2) is 12.8 Å². The number of hydrogen-bond donors (Lipinski definition) is 1. The molecule has 0 spiro atoms. The summed E-state index contributed by atoms with van der Waals surface area (Å²) in [6.07, 6.45) is 3.31. The highest BCUT2D eigenvalue weighted by molar-refractivity contribution is 7.92. The summed E-state index contributed by atoms with van der Waals surface area (Å²) in [5.74, 6) is 0.358. The molecule has 0 fully saturated rings. The number of anilines is 1. The van der Waals surface area contributed by atoms with E-state index >= 15 is 0 Å². The molecule has 180 valence electrons. The molecule has 3 aromatic carbocycles. The van der Waals surface area contributed by atoms with Gasteiger partial charge in [0.05, 0.1) is 33.3 Å². The third-order valence-electron chi connectivity index (χ3n) is 4.85. The number of halogens is 2. The van der Waals surface area contributed by atoms with Gasteiger partial charge in [-0.3, -0.25) is 4.72 Å². The van der Waals surface area contributed by atoms with Crippen molar-refractivity contribution in [3.63, 3.8) is 0 Å². The van der Waals surface area contributed by atoms with E-state index in [0.717, 1.165) is 0 Å². The van der Waals surface area contributed by atoms with Gasteiger partial charge in [-0.1, -0.05) is 23.8 Å². The lowest BCUT2D eigenvalue weighted by Crippen LogP contribution is -2.15. The van der Waals surface area contributed by atoms with Crippen molar-refractivity contribution >= 4 is 39.5 Å². The van der Waals surface area contributed by atoms with Gasteiger partial charge < -0.3 is 18.9 Å². The number of rotatable bonds is 9. The van der Waals surface area contributed by atoms with Crippen molar-refractivity contribution in [2.45, 2.75) is 4.90 Å². The zero-order valence-corrected chi connectivity index (χ0v) is 20.5. The van der Waals surface area contributed by atoms with Gasteiger partial charge in [0, 0.05) is 10.6 Å². The average molecular weight is 508 g/mol. The number of methoxy groups -OCH3 is 4. The van der Waals surface area contributed by atoms with E-state index in [9.17, 15) is 12.8 Å². The van der Waals surface area contributed by atoms with E-state index in [1.165, 1.54) is 64.8 Å². The lowest BCUT2D eigenvalue weighted by molar-refractivity contribution is 0.324. The predicted molar refractivity (Wildman–Crippen MR) is 130 cm³/mol. The van der Waals surface area contributed by atoms with Crippen molar-refractivity contribution in [2.24, 2.45) is 0 Å². The summed E-state index contributed by atoms with van der Waals surface area (Å²) in [5, 5.41) is 0.385. The molecule has 0 saturated heterocycles. The van der Waals surface area contributed by atoms with Crippen molar-refractivity contribution in [3.8, 4) is 23.0 Å². The van der Waals surface area contributed by atoms with E-state index in [0.29, 0.717) is 33.4 Å². The first kappa shape index (κ1) is 25.2. The fraction of sp³-hybridized carbons (Fsp3) is 0.167. The minimum atomic E-state index is -4.06. The average Bonchev–Trinajstić information content (AvgIpc) is 2.83. The Morgan fingerprint density at radius 1 is 0.824 bits per heavy atom. The molecule has 10 heteroatoms. The second kappa shape index (κ2) is 10.7. The minimum Gasteiger partial charge on any atom is -0.493 e. The summed E-state index contributed by atoms with van der Waals surface area (Å²) in [4.78, 5) is -0.0391. The van der Waals surface area contributed by atoms with E-state index in [2.05, 4.69) is 4.72 Å². The van der Waals surface area contributed by atoms with Gasteiger partial charge in [-0.2, -0.15) is 0 Å². The molecule has 0 aromatic heterocycles. The van der Waals surface area contributed by atoms with Crippen LogP contribution in [0.5, 0.6) is 23.0 Å². The van der Waals surface area contributed by atoms with Gasteiger partial charge in [0.25, 0.3) is 10.0 Å². The normalized spacial score (nSPS) is 11.4. The molecule has 34 heavy (non-hydrogen) atoms. The Labute approximate surface area is 202 Å². The molecule has 0 amide bonds. The van der Waals surface area contributed by atoms with Gasteiger partial charge in [0.15, 0.2) is 23.1 Å². The van der Waals surface area contributed by atoms with E-state index in [1.54, 1.807) is 24.3 Å². The van der Waals surface area contributed by atoms with Crippen LogP contribution in [0.1, 0.15) is 11.1 Å². The molecule has 0 unspecified atom stereocenters. The standard InChI is InChI=1S/C24H23ClFNO6S/c1-30-20-13-15(14-21(31-2)24(20)33-4)5-6-16-7-12-19(26)23(32-3)22(16)27-34(28,29)18-10-8-17(25)9-11-18/h5-14,27H,1-4H3. The Morgan fingerprint density at radius 2 is 1.41 bits per heavy atom. The maximum absolute atomic E-state index is 14.5. The van der Waals surface area contributed by atoms with Gasteiger partial charge in [-0.15, -0.1) is 0 Å². The third kappa shape index (κ3) is 5.37. The number of ether oxygens (including phenoxy) is 4. The topological polar surface area (TPSA) is 83.1 Å². The van der Waals surface area contributed by atoms with Crippen LogP contribution in [0.15, 0.2) is 53.4 Å². The SMILES string of the molecule is COc1cc(C=Cc2ccc(F)c(OC)c2NS(=O)(=O)c2ccc(Cl)cc2)cc(OC)c1OC. The second-order valence-electron chi connectivity index (χ2n) is 6.90. The number of hydrogen-bond acceptors (Lipinski definition) is 6. The van der Waals surface area contributed by atoms with Crippen LogP contribution in [-0.4, -0.2) is 36.9 Å². The van der Waals surface area contributed by atoms with Gasteiger partial charge in [0.2, 0.25) is 5.75 Å². The van der Waals surface area contributed by atoms with Crippen LogP contribution in [0, 0.1) is 5.82 Å². The highest BCUT2D eigenvalue weighted by Gasteiger charge is 2.21. The van der Waals surface area contributed by atoms with E-state index in [-0.39, 0.29) is 16.3 Å². The molecule has 0 radical (unpaired) electrons. The van der Waals surface area contributed by atoms with Gasteiger partial charge in [-0.05, 0) is 54.1 Å². The molecule has 3 aromatic rings. The quantitative estimate of drug-likeness (QED) is 0.386. The summed E-state index contributed by atoms with van der Waals surface area (Å²) in [7, 11) is 1.69. The lowest BCUT2D eigenvalue weighted by atomic mass is 10.1. The maximum Gasteiger partial charge on any atom is 0.262 e. The van der Waals surface area contributed by atoms with Crippen LogP contribution in [0.3, 0.4) is 0 Å². The molecule has 0 heterocycles. The van der Waals surface area contributed by atoms with Crippen molar-refractivity contribution in [2.75, 3.05) is 33.2 Å². The molecule has 0 saturated carbocycles. The van der Waals surface area contributed by atoms with Crippen molar-refractivity contribution in [1.29, 1.82) is 0 Å². The first-order valence-electron chi connectivity index (χ1n) is 9.87. The number of benzene rings is 3. The van der Waals surface area contributed by atoms with Crippen LogP contribution in [0.2, 0.25) is 5.02 Å². The highest BCUT2D eigenvalue weighted by Crippen LogP contribution is 2.39. The van der Waals surface area contributed by atoms with Crippen LogP contribution < -0.4 is 23.7 Å². The molecule has 0 atom stereocenters. The fourth-order valence-electron chi connectivity index (χ4n) is 3.21. The summed E-state index contributed by atoms with van der Waals surface area (Å²) in [6, 6.07) is 11.7. The molecule has 0 aliphatic carbocycles. The monoisotopic (exact) mass is 507 g/mol. The van der Waals surface area contributed by atoms with Gasteiger partial charge >= 0.3 is 0 Å². The Morgan fingerprint density at radius 3 is 1.94 bits per heavy atom. The summed E-state index contributed by atoms with van der Waals surface area (Å²) >= 11 is 5.86. The molecular weight excluding hydrogens is 485 g/mol. The molecule has 1 N–H and O–H groups in total. The minimum absolute atomic E-state index is 0.0391. The first-order valence-corrected chi connectivity index (χ1v) is 11.7. The Bertz CT molecular complexity index is 1280. The Balaban J connectivity index is 2.07. The predicted octanol–water partition coefficient (Wildman–Crippen LogP) is 5.48. The van der Waals surface area contributed by atoms with Crippen molar-refractivity contribution in [1.82, 2.24) is 0 Å². The summed E-state index contributed by atoms with van der Waals surface area (Å²) in [5.41, 5.74) is 0.981. The molecule has 0 aliphatic rings. The molecule has 0 bridgehead atoms. The molecule has 0 aliphatic heterocycles. The zero-order chi connectivity index (χ0) is 24.9. The Hall–Kier alpha value is -3.43. The first-order chi connectivity index (χ1) is 16.2. The van der Waals surface area contributed by atoms with Crippen LogP contribution in [0.4, 0.5) is 10.1 Å². The molecule has 3 rings (SSSR count). The second-order valence-corrected chi connectivity index (χ2v) is 9.02. The zero-order valence-electron chi connectivity index (χ0n) is 18.9. The molecular formula is C24H23ClFNO6S. The third-order valence-corrected chi connectivity index (χ3v) is 6.47. The Kier molecular flexibility index (Phi) is 7.90. The number of sulfonamides is 1. The summed E-state index contributed by atoms with van der Waals surface area (Å²) < 4.78 is 64.0. The van der Waals surface area contributed by atoms with Crippen molar-refractivity contribution in [3.05, 3.63) is 70.5 Å². The maximum atomic E-state index is 14.5. The summed E-state index contributed by atoms with van der Waals surface area (Å²) in [6.45, 7) is 0. The van der Waals surface area contributed by atoms with Crippen LogP contribution >= 0.6 is 11.6 Å². The van der Waals surface area contributed by atoms with Crippen LogP contribution in [-0.2, 0) is 10.0 Å².